The molecule has 1 amide bonds. The van der Waals surface area contributed by atoms with Gasteiger partial charge >= 0.3 is 0 Å². The van der Waals surface area contributed by atoms with Gasteiger partial charge in [0, 0.05) is 24.7 Å². The second kappa shape index (κ2) is 9.31. The summed E-state index contributed by atoms with van der Waals surface area (Å²) in [5.41, 5.74) is 2.01. The maximum atomic E-state index is 12.6. The van der Waals surface area contributed by atoms with Crippen molar-refractivity contribution in [1.29, 1.82) is 0 Å². The smallest absolute Gasteiger partial charge is 0.232 e. The van der Waals surface area contributed by atoms with E-state index >= 15 is 0 Å². The van der Waals surface area contributed by atoms with E-state index in [1.54, 1.807) is 18.2 Å². The quantitative estimate of drug-likeness (QED) is 0.735. The van der Waals surface area contributed by atoms with Crippen LogP contribution in [-0.2, 0) is 21.4 Å². The van der Waals surface area contributed by atoms with Crippen molar-refractivity contribution in [3.05, 3.63) is 54.1 Å². The highest BCUT2D eigenvalue weighted by molar-refractivity contribution is 7.92. The van der Waals surface area contributed by atoms with Gasteiger partial charge in [-0.3, -0.25) is 9.10 Å². The van der Waals surface area contributed by atoms with Gasteiger partial charge in [0.15, 0.2) is 0 Å². The third kappa shape index (κ3) is 5.73. The summed E-state index contributed by atoms with van der Waals surface area (Å²) < 4.78 is 31.2. The number of benzene rings is 2. The molecule has 1 aliphatic rings. The Morgan fingerprint density at radius 2 is 1.79 bits per heavy atom. The van der Waals surface area contributed by atoms with Crippen LogP contribution in [0.15, 0.2) is 48.5 Å². The Hall–Kier alpha value is -2.54. The van der Waals surface area contributed by atoms with Gasteiger partial charge in [-0.05, 0) is 30.5 Å². The van der Waals surface area contributed by atoms with E-state index in [2.05, 4.69) is 5.32 Å². The molecule has 29 heavy (non-hydrogen) atoms. The van der Waals surface area contributed by atoms with Crippen LogP contribution in [0.4, 0.5) is 11.4 Å². The van der Waals surface area contributed by atoms with Crippen LogP contribution in [0.25, 0.3) is 0 Å². The third-order valence-electron chi connectivity index (χ3n) is 5.28. The zero-order valence-electron chi connectivity index (χ0n) is 16.9. The Morgan fingerprint density at radius 1 is 1.10 bits per heavy atom. The molecule has 7 heteroatoms. The van der Waals surface area contributed by atoms with Crippen LogP contribution in [0.1, 0.15) is 37.7 Å². The molecule has 0 atom stereocenters. The number of nitrogens with one attached hydrogen (secondary N) is 1. The first-order valence-corrected chi connectivity index (χ1v) is 11.7. The van der Waals surface area contributed by atoms with Crippen molar-refractivity contribution < 1.29 is 17.9 Å². The molecule has 1 saturated carbocycles. The average Bonchev–Trinajstić information content (AvgIpc) is 2.72. The zero-order chi connectivity index (χ0) is 20.9. The summed E-state index contributed by atoms with van der Waals surface area (Å²) >= 11 is 0. The van der Waals surface area contributed by atoms with Gasteiger partial charge in [-0.15, -0.1) is 0 Å². The van der Waals surface area contributed by atoms with Crippen LogP contribution in [0.5, 0.6) is 5.75 Å². The number of nitrogens with zero attached hydrogens (tertiary/aromatic N) is 1. The minimum Gasteiger partial charge on any atom is -0.487 e. The molecule has 0 spiro atoms. The van der Waals surface area contributed by atoms with Gasteiger partial charge in [-0.2, -0.15) is 0 Å². The van der Waals surface area contributed by atoms with Crippen LogP contribution in [0.3, 0.4) is 0 Å². The molecule has 0 saturated heterocycles. The summed E-state index contributed by atoms with van der Waals surface area (Å²) in [5, 5.41) is 2.97. The lowest BCUT2D eigenvalue weighted by molar-refractivity contribution is -0.120. The lowest BCUT2D eigenvalue weighted by Gasteiger charge is -2.23. The summed E-state index contributed by atoms with van der Waals surface area (Å²) in [6.45, 7) is 0.297. The van der Waals surface area contributed by atoms with Crippen LogP contribution >= 0.6 is 0 Å². The van der Waals surface area contributed by atoms with Crippen molar-refractivity contribution in [1.82, 2.24) is 0 Å². The Balaban J connectivity index is 1.82. The molecule has 1 N–H and O–H groups in total. The lowest BCUT2D eigenvalue weighted by Crippen LogP contribution is -2.26. The largest absolute Gasteiger partial charge is 0.487 e. The SMILES string of the molecule is CN(c1ccc(NC(=O)C2CCCCC2)cc1OCc1ccccc1)S(C)(=O)=O. The molecule has 0 unspecified atom stereocenters. The number of carbonyl (C=O) groups excluding carboxylic acids is 1. The molecule has 0 aromatic heterocycles. The zero-order valence-corrected chi connectivity index (χ0v) is 17.7. The molecule has 1 aliphatic carbocycles. The molecule has 1 fully saturated rings. The van der Waals surface area contributed by atoms with Crippen molar-refractivity contribution >= 4 is 27.3 Å². The van der Waals surface area contributed by atoms with E-state index in [4.69, 9.17) is 4.74 Å². The van der Waals surface area contributed by atoms with Gasteiger partial charge in [0.2, 0.25) is 15.9 Å². The molecular weight excluding hydrogens is 388 g/mol. The van der Waals surface area contributed by atoms with Crippen molar-refractivity contribution in [2.24, 2.45) is 5.92 Å². The standard InChI is InChI=1S/C22H28N2O4S/c1-24(29(2,26)27)20-14-13-19(23-22(25)18-11-7-4-8-12-18)15-21(20)28-16-17-9-5-3-6-10-17/h3,5-6,9-10,13-15,18H,4,7-8,11-12,16H2,1-2H3,(H,23,25). The number of amides is 1. The second-order valence-electron chi connectivity index (χ2n) is 7.51. The van der Waals surface area contributed by atoms with E-state index in [0.29, 0.717) is 23.7 Å². The predicted octanol–water partition coefficient (Wildman–Crippen LogP) is 4.18. The molecular formula is C22H28N2O4S. The Kier molecular flexibility index (Phi) is 6.79. The van der Waals surface area contributed by atoms with Crippen molar-refractivity contribution in [3.63, 3.8) is 0 Å². The normalized spacial score (nSPS) is 15.0. The summed E-state index contributed by atoms with van der Waals surface area (Å²) in [7, 11) is -1.96. The Bertz CT molecular complexity index is 939. The number of hydrogen-bond donors (Lipinski definition) is 1. The van der Waals surface area contributed by atoms with Crippen LogP contribution in [0.2, 0.25) is 0 Å². The van der Waals surface area contributed by atoms with E-state index in [-0.39, 0.29) is 11.8 Å². The van der Waals surface area contributed by atoms with Crippen LogP contribution in [0, 0.1) is 5.92 Å². The highest BCUT2D eigenvalue weighted by Crippen LogP contribution is 2.33. The lowest BCUT2D eigenvalue weighted by atomic mass is 9.88. The summed E-state index contributed by atoms with van der Waals surface area (Å²) in [6.07, 6.45) is 6.33. The number of hydrogen-bond acceptors (Lipinski definition) is 4. The molecule has 3 rings (SSSR count). The predicted molar refractivity (Wildman–Crippen MR) is 116 cm³/mol. The second-order valence-corrected chi connectivity index (χ2v) is 9.53. The van der Waals surface area contributed by atoms with E-state index in [1.165, 1.54) is 17.8 Å². The topological polar surface area (TPSA) is 75.7 Å². The van der Waals surface area contributed by atoms with Gasteiger partial charge < -0.3 is 10.1 Å². The molecule has 0 aliphatic heterocycles. The number of ether oxygens (including phenoxy) is 1. The monoisotopic (exact) mass is 416 g/mol. The Labute approximate surface area is 172 Å². The maximum Gasteiger partial charge on any atom is 0.232 e. The minimum absolute atomic E-state index is 0.0166. The highest BCUT2D eigenvalue weighted by Gasteiger charge is 2.22. The molecule has 6 nitrogen and oxygen atoms in total. The van der Waals surface area contributed by atoms with Crippen LogP contribution in [-0.4, -0.2) is 27.6 Å². The van der Waals surface area contributed by atoms with Gasteiger partial charge in [-0.25, -0.2) is 8.42 Å². The van der Waals surface area contributed by atoms with Gasteiger partial charge in [0.25, 0.3) is 0 Å². The van der Waals surface area contributed by atoms with Crippen molar-refractivity contribution in [2.45, 2.75) is 38.7 Å². The minimum atomic E-state index is -3.45. The van der Waals surface area contributed by atoms with E-state index in [0.717, 1.165) is 37.5 Å². The van der Waals surface area contributed by atoms with Gasteiger partial charge in [0.1, 0.15) is 12.4 Å². The third-order valence-corrected chi connectivity index (χ3v) is 6.47. The fourth-order valence-electron chi connectivity index (χ4n) is 3.49. The number of rotatable bonds is 7. The first-order valence-electron chi connectivity index (χ1n) is 9.90. The molecule has 0 heterocycles. The van der Waals surface area contributed by atoms with Gasteiger partial charge in [0.05, 0.1) is 11.9 Å². The summed E-state index contributed by atoms with van der Waals surface area (Å²) in [5.74, 6) is 0.460. The van der Waals surface area contributed by atoms with Gasteiger partial charge in [-0.1, -0.05) is 49.6 Å². The van der Waals surface area contributed by atoms with Crippen LogP contribution < -0.4 is 14.4 Å². The fraction of sp³-hybridized carbons (Fsp3) is 0.409. The molecule has 0 radical (unpaired) electrons. The van der Waals surface area contributed by atoms with Crippen molar-refractivity contribution in [3.8, 4) is 5.75 Å². The molecule has 156 valence electrons. The fourth-order valence-corrected chi connectivity index (χ4v) is 4.00. The molecule has 2 aromatic carbocycles. The summed E-state index contributed by atoms with van der Waals surface area (Å²) in [6, 6.07) is 14.7. The van der Waals surface area contributed by atoms with E-state index < -0.39 is 10.0 Å². The first-order chi connectivity index (χ1) is 13.8. The average molecular weight is 417 g/mol. The number of carbonyl (C=O) groups is 1. The first kappa shape index (κ1) is 21.2. The Morgan fingerprint density at radius 3 is 2.45 bits per heavy atom. The number of sulfonamides is 1. The van der Waals surface area contributed by atoms with E-state index in [9.17, 15) is 13.2 Å². The number of anilines is 2. The highest BCUT2D eigenvalue weighted by atomic mass is 32.2. The summed E-state index contributed by atoms with van der Waals surface area (Å²) in [4.78, 5) is 12.6. The van der Waals surface area contributed by atoms with E-state index in [1.807, 2.05) is 30.3 Å². The van der Waals surface area contributed by atoms with Crippen molar-refractivity contribution in [2.75, 3.05) is 22.9 Å². The molecule has 0 bridgehead atoms. The molecule has 2 aromatic rings. The maximum absolute atomic E-state index is 12.6.